The molecular weight excluding hydrogens is 528 g/mol. The van der Waals surface area contributed by atoms with Crippen LogP contribution in [-0.2, 0) is 20.8 Å². The summed E-state index contributed by atoms with van der Waals surface area (Å²) in [5.41, 5.74) is 4.39. The van der Waals surface area contributed by atoms with Crippen LogP contribution in [0.4, 0.5) is 13.6 Å². The number of hydrogen-bond donors (Lipinski definition) is 2. The van der Waals surface area contributed by atoms with E-state index in [1.807, 2.05) is 4.90 Å². The minimum Gasteiger partial charge on any atom is -0.443 e. The van der Waals surface area contributed by atoms with Crippen LogP contribution in [0.5, 0.6) is 0 Å². The Hall–Kier alpha value is -2.81. The second-order valence-electron chi connectivity index (χ2n) is 9.23. The first-order valence-electron chi connectivity index (χ1n) is 11.4. The topological polar surface area (TPSA) is 113 Å². The second kappa shape index (κ2) is 12.6. The van der Waals surface area contributed by atoms with Gasteiger partial charge in [0.05, 0.1) is 19.3 Å². The van der Waals surface area contributed by atoms with Crippen molar-refractivity contribution in [2.45, 2.75) is 50.3 Å². The van der Waals surface area contributed by atoms with Gasteiger partial charge in [0.15, 0.2) is 16.0 Å². The molecule has 0 unspecified atom stereocenters. The normalized spacial score (nSPS) is 16.2. The monoisotopic (exact) mass is 557 g/mol. The number of aromatic nitrogens is 1. The van der Waals surface area contributed by atoms with Gasteiger partial charge in [-0.15, -0.1) is 11.3 Å². The van der Waals surface area contributed by atoms with Crippen molar-refractivity contribution in [3.63, 3.8) is 0 Å². The van der Waals surface area contributed by atoms with Crippen LogP contribution < -0.4 is 10.9 Å². The third-order valence-electron chi connectivity index (χ3n) is 4.91. The number of thiazole rings is 1. The molecule has 1 atom stereocenters. The van der Waals surface area contributed by atoms with E-state index in [-0.39, 0.29) is 24.2 Å². The Morgan fingerprint density at radius 2 is 2.03 bits per heavy atom. The van der Waals surface area contributed by atoms with Crippen molar-refractivity contribution in [2.24, 2.45) is 0 Å². The first kappa shape index (κ1) is 28.8. The molecule has 1 aromatic heterocycles. The van der Waals surface area contributed by atoms with Crippen LogP contribution in [0.15, 0.2) is 27.9 Å². The number of halogens is 2. The number of hydrogen-bond acceptors (Lipinski definition) is 9. The minimum absolute atomic E-state index is 0.0682. The fourth-order valence-electron chi connectivity index (χ4n) is 3.32. The quantitative estimate of drug-likeness (QED) is 0.394. The van der Waals surface area contributed by atoms with Crippen molar-refractivity contribution in [2.75, 3.05) is 26.2 Å². The molecular formula is C23H29F2N5O5S2. The molecule has 2 aromatic rings. The zero-order valence-electron chi connectivity index (χ0n) is 20.9. The smallest absolute Gasteiger partial charge is 0.426 e. The highest BCUT2D eigenvalue weighted by Gasteiger charge is 2.26. The summed E-state index contributed by atoms with van der Waals surface area (Å²) in [6, 6.07) is 3.82. The largest absolute Gasteiger partial charge is 0.443 e. The number of ether oxygens (including phenoxy) is 2. The Morgan fingerprint density at radius 1 is 1.27 bits per heavy atom. The zero-order valence-corrected chi connectivity index (χ0v) is 22.5. The lowest BCUT2D eigenvalue weighted by molar-refractivity contribution is -0.126. The molecule has 2 heterocycles. The Labute approximate surface area is 221 Å². The van der Waals surface area contributed by atoms with Crippen molar-refractivity contribution in [1.29, 1.82) is 0 Å². The van der Waals surface area contributed by atoms with Gasteiger partial charge in [-0.1, -0.05) is 6.07 Å². The fourth-order valence-corrected chi connectivity index (χ4v) is 5.13. The molecule has 0 spiro atoms. The van der Waals surface area contributed by atoms with E-state index in [9.17, 15) is 23.2 Å². The molecule has 1 aliphatic heterocycles. The van der Waals surface area contributed by atoms with Crippen molar-refractivity contribution < 1.29 is 32.6 Å². The Bertz CT molecular complexity index is 1130. The Kier molecular flexibility index (Phi) is 9.81. The predicted molar refractivity (Wildman–Crippen MR) is 134 cm³/mol. The van der Waals surface area contributed by atoms with E-state index < -0.39 is 29.2 Å². The van der Waals surface area contributed by atoms with Gasteiger partial charge in [0.1, 0.15) is 11.3 Å². The second-order valence-corrected chi connectivity index (χ2v) is 11.4. The molecule has 0 saturated carbocycles. The third-order valence-corrected chi connectivity index (χ3v) is 6.94. The Balaban J connectivity index is 1.53. The van der Waals surface area contributed by atoms with Gasteiger partial charge in [-0.3, -0.25) is 24.2 Å². The first-order valence-corrected chi connectivity index (χ1v) is 13.0. The average molecular weight is 558 g/mol. The van der Waals surface area contributed by atoms with Crippen molar-refractivity contribution in [3.8, 4) is 0 Å². The van der Waals surface area contributed by atoms with Gasteiger partial charge in [-0.2, -0.15) is 0 Å². The summed E-state index contributed by atoms with van der Waals surface area (Å²) in [5.74, 6) is -2.63. The van der Waals surface area contributed by atoms with E-state index in [4.69, 9.17) is 9.47 Å². The average Bonchev–Trinajstić information content (AvgIpc) is 3.27. The SMILES string of the molecule is CC(=O)N(C[C@@H]1CN(Cc2ccc(F)c(F)c2)CCO1)Sc1nc(C(=O)NNC(=O)OC(C)(C)C)cs1. The number of benzene rings is 1. The Morgan fingerprint density at radius 3 is 2.70 bits per heavy atom. The molecule has 1 aliphatic rings. The zero-order chi connectivity index (χ0) is 27.2. The van der Waals surface area contributed by atoms with Crippen LogP contribution in [0.1, 0.15) is 43.7 Å². The summed E-state index contributed by atoms with van der Waals surface area (Å²) in [6.07, 6.45) is -1.12. The number of hydrazine groups is 1. The summed E-state index contributed by atoms with van der Waals surface area (Å²) in [5, 5.41) is 1.51. The number of carbonyl (C=O) groups is 3. The molecule has 10 nitrogen and oxygen atoms in total. The minimum atomic E-state index is -0.890. The van der Waals surface area contributed by atoms with Crippen molar-refractivity contribution in [3.05, 3.63) is 46.5 Å². The lowest BCUT2D eigenvalue weighted by Gasteiger charge is -2.35. The first-order chi connectivity index (χ1) is 17.4. The van der Waals surface area contributed by atoms with E-state index in [1.165, 1.54) is 34.0 Å². The van der Waals surface area contributed by atoms with Crippen molar-refractivity contribution in [1.82, 2.24) is 25.0 Å². The highest BCUT2D eigenvalue weighted by molar-refractivity contribution is 7.99. The van der Waals surface area contributed by atoms with Gasteiger partial charge >= 0.3 is 6.09 Å². The number of morpholine rings is 1. The molecule has 14 heteroatoms. The molecule has 3 rings (SSSR count). The highest BCUT2D eigenvalue weighted by Crippen LogP contribution is 2.27. The molecule has 0 aliphatic carbocycles. The van der Waals surface area contributed by atoms with E-state index in [1.54, 1.807) is 26.8 Å². The summed E-state index contributed by atoms with van der Waals surface area (Å²) in [7, 11) is 0. The molecule has 3 amide bonds. The molecule has 0 radical (unpaired) electrons. The van der Waals surface area contributed by atoms with E-state index >= 15 is 0 Å². The fraction of sp³-hybridized carbons (Fsp3) is 0.478. The summed E-state index contributed by atoms with van der Waals surface area (Å²) < 4.78 is 39.6. The standard InChI is InChI=1S/C23H29F2N5O5S2/c1-14(31)30(12-16-11-29(7-8-34-16)10-15-5-6-17(24)18(25)9-15)37-22-26-19(13-36-22)20(32)27-28-21(33)35-23(2,3)4/h5-6,9,13,16H,7-8,10-12H2,1-4H3,(H,27,32)(H,28,33)/t16-/m0/s1. The molecule has 0 bridgehead atoms. The summed E-state index contributed by atoms with van der Waals surface area (Å²) in [6.45, 7) is 8.72. The molecule has 37 heavy (non-hydrogen) atoms. The maximum absolute atomic E-state index is 13.5. The van der Waals surface area contributed by atoms with Crippen LogP contribution in [0.25, 0.3) is 0 Å². The van der Waals surface area contributed by atoms with Gasteiger partial charge in [-0.05, 0) is 38.5 Å². The lowest BCUT2D eigenvalue weighted by atomic mass is 10.1. The van der Waals surface area contributed by atoms with E-state index in [0.717, 1.165) is 18.0 Å². The van der Waals surface area contributed by atoms with Crippen LogP contribution in [0.2, 0.25) is 0 Å². The maximum Gasteiger partial charge on any atom is 0.426 e. The van der Waals surface area contributed by atoms with Gasteiger partial charge in [-0.25, -0.2) is 24.0 Å². The number of rotatable bonds is 7. The lowest BCUT2D eigenvalue weighted by Crippen LogP contribution is -2.46. The van der Waals surface area contributed by atoms with E-state index in [0.29, 0.717) is 36.1 Å². The number of nitrogens with zero attached hydrogens (tertiary/aromatic N) is 3. The molecule has 1 saturated heterocycles. The third kappa shape index (κ3) is 9.22. The number of amides is 3. The van der Waals surface area contributed by atoms with Crippen LogP contribution in [0, 0.1) is 11.6 Å². The summed E-state index contributed by atoms with van der Waals surface area (Å²) in [4.78, 5) is 42.6. The molecule has 202 valence electrons. The van der Waals surface area contributed by atoms with Gasteiger partial charge < -0.3 is 9.47 Å². The highest BCUT2D eigenvalue weighted by atomic mass is 32.2. The van der Waals surface area contributed by atoms with Crippen LogP contribution in [-0.4, -0.2) is 70.0 Å². The maximum atomic E-state index is 13.5. The number of nitrogens with one attached hydrogen (secondary N) is 2. The molecule has 1 aromatic carbocycles. The van der Waals surface area contributed by atoms with Crippen LogP contribution >= 0.6 is 23.3 Å². The molecule has 1 fully saturated rings. The molecule has 2 N–H and O–H groups in total. The van der Waals surface area contributed by atoms with Gasteiger partial charge in [0, 0.05) is 43.9 Å². The predicted octanol–water partition coefficient (Wildman–Crippen LogP) is 3.35. The van der Waals surface area contributed by atoms with Gasteiger partial charge in [0.2, 0.25) is 5.91 Å². The summed E-state index contributed by atoms with van der Waals surface area (Å²) >= 11 is 2.25. The number of carbonyl (C=O) groups excluding carboxylic acids is 3. The van der Waals surface area contributed by atoms with Crippen LogP contribution in [0.3, 0.4) is 0 Å². The van der Waals surface area contributed by atoms with Gasteiger partial charge in [0.25, 0.3) is 5.91 Å². The van der Waals surface area contributed by atoms with Crippen molar-refractivity contribution >= 4 is 41.2 Å². The van der Waals surface area contributed by atoms with E-state index in [2.05, 4.69) is 15.8 Å².